The van der Waals surface area contributed by atoms with Gasteiger partial charge in [-0.2, -0.15) is 0 Å². The summed E-state index contributed by atoms with van der Waals surface area (Å²) >= 11 is -2.15. The number of amides is 1. The molecule has 0 aromatic heterocycles. The molecule has 1 atom stereocenters. The van der Waals surface area contributed by atoms with Crippen molar-refractivity contribution in [3.63, 3.8) is 0 Å². The molecule has 0 aromatic rings. The van der Waals surface area contributed by atoms with Gasteiger partial charge in [-0.25, -0.2) is 8.51 Å². The van der Waals surface area contributed by atoms with Crippen LogP contribution in [0.5, 0.6) is 0 Å². The normalized spacial score (nSPS) is 12.9. The van der Waals surface area contributed by atoms with E-state index in [0.717, 1.165) is 0 Å². The minimum absolute atomic E-state index is 0.274. The largest absolute Gasteiger partial charge is 0.289 e. The van der Waals surface area contributed by atoms with Crippen molar-refractivity contribution in [1.29, 1.82) is 0 Å². The van der Waals surface area contributed by atoms with E-state index >= 15 is 0 Å². The predicted octanol–water partition coefficient (Wildman–Crippen LogP) is -0.789. The van der Waals surface area contributed by atoms with Gasteiger partial charge in [0.2, 0.25) is 6.41 Å². The fourth-order valence-corrected chi connectivity index (χ4v) is 0.110. The van der Waals surface area contributed by atoms with Gasteiger partial charge in [-0.15, -0.1) is 0 Å². The monoisotopic (exact) mass is 123 g/mol. The summed E-state index contributed by atoms with van der Waals surface area (Å²) in [6, 6.07) is 0. The molecule has 0 radical (unpaired) electrons. The first-order valence-electron chi connectivity index (χ1n) is 1.47. The van der Waals surface area contributed by atoms with Crippen LogP contribution >= 0.6 is 0 Å². The molecule has 0 spiro atoms. The van der Waals surface area contributed by atoms with Gasteiger partial charge in [-0.05, 0) is 0 Å². The van der Waals surface area contributed by atoms with E-state index in [0.29, 0.717) is 4.31 Å². The van der Waals surface area contributed by atoms with Gasteiger partial charge in [0.05, 0.1) is 0 Å². The Kier molecular flexibility index (Phi) is 2.54. The van der Waals surface area contributed by atoms with Crippen molar-refractivity contribution in [2.24, 2.45) is 0 Å². The van der Waals surface area contributed by atoms with Crippen molar-refractivity contribution in [3.8, 4) is 0 Å². The average molecular weight is 123 g/mol. The van der Waals surface area contributed by atoms with Gasteiger partial charge in [0, 0.05) is 7.05 Å². The average Bonchev–Trinajstić information content (AvgIpc) is 1.65. The summed E-state index contributed by atoms with van der Waals surface area (Å²) in [4.78, 5) is 9.52. The zero-order chi connectivity index (χ0) is 5.86. The molecule has 0 heterocycles. The zero-order valence-corrected chi connectivity index (χ0v) is 4.51. The molecule has 0 saturated heterocycles. The van der Waals surface area contributed by atoms with Crippen LogP contribution in [0.3, 0.4) is 0 Å². The molecule has 0 aliphatic heterocycles. The van der Waals surface area contributed by atoms with Crippen LogP contribution in [0.15, 0.2) is 0 Å². The van der Waals surface area contributed by atoms with E-state index in [2.05, 4.69) is 0 Å². The third kappa shape index (κ3) is 2.30. The fraction of sp³-hybridized carbons (Fsp3) is 0.500. The van der Waals surface area contributed by atoms with Crippen LogP contribution in [0.1, 0.15) is 0 Å². The van der Waals surface area contributed by atoms with Crippen molar-refractivity contribution in [1.82, 2.24) is 4.31 Å². The lowest BCUT2D eigenvalue weighted by molar-refractivity contribution is -0.113. The quantitative estimate of drug-likeness (QED) is 0.386. The maximum atomic E-state index is 9.74. The molecule has 1 unspecified atom stereocenters. The lowest BCUT2D eigenvalue weighted by atomic mass is 11.2. The van der Waals surface area contributed by atoms with Crippen LogP contribution in [-0.4, -0.2) is 26.5 Å². The molecule has 0 bridgehead atoms. The molecule has 0 aliphatic rings. The minimum Gasteiger partial charge on any atom is -0.289 e. The maximum absolute atomic E-state index is 9.74. The van der Waals surface area contributed by atoms with E-state index in [1.165, 1.54) is 7.05 Å². The van der Waals surface area contributed by atoms with Gasteiger partial charge in [-0.1, -0.05) is 0 Å². The highest BCUT2D eigenvalue weighted by Gasteiger charge is 1.95. The van der Waals surface area contributed by atoms with Crippen molar-refractivity contribution in [2.75, 3.05) is 7.05 Å². The second kappa shape index (κ2) is 2.70. The van der Waals surface area contributed by atoms with E-state index in [9.17, 15) is 9.00 Å². The third-order valence-corrected chi connectivity index (χ3v) is 0.974. The van der Waals surface area contributed by atoms with Crippen LogP contribution < -0.4 is 0 Å². The Morgan fingerprint density at radius 2 is 2.29 bits per heavy atom. The summed E-state index contributed by atoms with van der Waals surface area (Å²) in [5.41, 5.74) is 0. The van der Waals surface area contributed by atoms with E-state index in [-0.39, 0.29) is 6.41 Å². The van der Waals surface area contributed by atoms with E-state index < -0.39 is 11.3 Å². The molecule has 1 N–H and O–H groups in total. The molecule has 0 fully saturated rings. The van der Waals surface area contributed by atoms with Gasteiger partial charge in [-0.3, -0.25) is 9.35 Å². The van der Waals surface area contributed by atoms with Crippen molar-refractivity contribution < 1.29 is 13.6 Å². The first-order chi connectivity index (χ1) is 3.18. The maximum Gasteiger partial charge on any atom is 0.263 e. The molecule has 1 amide bonds. The second-order valence-electron chi connectivity index (χ2n) is 0.882. The zero-order valence-electron chi connectivity index (χ0n) is 3.70. The molecule has 5 heteroatoms. The topological polar surface area (TPSA) is 57.6 Å². The highest BCUT2D eigenvalue weighted by Crippen LogP contribution is 1.75. The van der Waals surface area contributed by atoms with Gasteiger partial charge >= 0.3 is 0 Å². The first kappa shape index (κ1) is 6.58. The van der Waals surface area contributed by atoms with Gasteiger partial charge in [0.25, 0.3) is 11.3 Å². The Morgan fingerprint density at radius 3 is 2.29 bits per heavy atom. The number of rotatable bonds is 2. The lowest BCUT2D eigenvalue weighted by Crippen LogP contribution is -2.17. The summed E-state index contributed by atoms with van der Waals surface area (Å²) in [7, 11) is 1.21. The molecule has 0 aromatic carbocycles. The van der Waals surface area contributed by atoms with Gasteiger partial charge in [0.15, 0.2) is 0 Å². The molecule has 42 valence electrons. The van der Waals surface area contributed by atoms with Gasteiger partial charge < -0.3 is 0 Å². The minimum atomic E-state index is -2.15. The van der Waals surface area contributed by atoms with Crippen LogP contribution in [0, 0.1) is 0 Å². The second-order valence-corrected chi connectivity index (χ2v) is 1.92. The first-order valence-corrected chi connectivity index (χ1v) is 2.54. The summed E-state index contributed by atoms with van der Waals surface area (Å²) in [5, 5.41) is 0. The molecule has 4 nitrogen and oxygen atoms in total. The van der Waals surface area contributed by atoms with Crippen molar-refractivity contribution in [2.45, 2.75) is 0 Å². The van der Waals surface area contributed by atoms with Crippen LogP contribution in [0.25, 0.3) is 0 Å². The van der Waals surface area contributed by atoms with E-state index in [1.807, 2.05) is 0 Å². The molecular weight excluding hydrogens is 118 g/mol. The number of hydrogen-bond donors (Lipinski definition) is 1. The molecule has 0 rings (SSSR count). The molecule has 0 saturated carbocycles. The van der Waals surface area contributed by atoms with Crippen molar-refractivity contribution in [3.05, 3.63) is 0 Å². The molecule has 0 aliphatic carbocycles. The number of hydrogen-bond acceptors (Lipinski definition) is 2. The Morgan fingerprint density at radius 1 is 1.86 bits per heavy atom. The van der Waals surface area contributed by atoms with E-state index in [1.54, 1.807) is 0 Å². The highest BCUT2D eigenvalue weighted by atomic mass is 32.2. The van der Waals surface area contributed by atoms with Crippen LogP contribution in [0.4, 0.5) is 0 Å². The van der Waals surface area contributed by atoms with Crippen LogP contribution in [0.2, 0.25) is 0 Å². The summed E-state index contributed by atoms with van der Waals surface area (Å²) in [6.07, 6.45) is 0.274. The Hall–Kier alpha value is -0.420. The third-order valence-electron chi connectivity index (χ3n) is 0.395. The van der Waals surface area contributed by atoms with E-state index in [4.69, 9.17) is 4.55 Å². The van der Waals surface area contributed by atoms with Crippen molar-refractivity contribution >= 4 is 17.7 Å². The Balaban J connectivity index is 3.55. The standard InChI is InChI=1S/C2H5NO3S/c1-3(2-4)7(5)6/h2H,1H3,(H,5,6). The molecular formula is C2H5NO3S. The summed E-state index contributed by atoms with van der Waals surface area (Å²) in [6.45, 7) is 0. The van der Waals surface area contributed by atoms with Crippen LogP contribution in [-0.2, 0) is 16.1 Å². The number of nitrogens with zero attached hydrogens (tertiary/aromatic N) is 1. The summed E-state index contributed by atoms with van der Waals surface area (Å²) in [5.74, 6) is 0. The fourth-order valence-electron chi connectivity index (χ4n) is 0.0368. The lowest BCUT2D eigenvalue weighted by Gasteiger charge is -1.99. The number of carbonyl (C=O) groups excluding carboxylic acids is 1. The Labute approximate surface area is 43.5 Å². The summed E-state index contributed by atoms with van der Waals surface area (Å²) < 4.78 is 18.4. The number of carbonyl (C=O) groups is 1. The van der Waals surface area contributed by atoms with Gasteiger partial charge in [0.1, 0.15) is 0 Å². The Bertz CT molecular complexity index is 92.9. The molecule has 7 heavy (non-hydrogen) atoms. The SMILES string of the molecule is CN(C=O)S(=O)O. The smallest absolute Gasteiger partial charge is 0.263 e. The predicted molar refractivity (Wildman–Crippen MR) is 24.6 cm³/mol. The highest BCUT2D eigenvalue weighted by molar-refractivity contribution is 7.77.